The van der Waals surface area contributed by atoms with Gasteiger partial charge < -0.3 is 4.74 Å². The van der Waals surface area contributed by atoms with E-state index in [1.807, 2.05) is 0 Å². The highest BCUT2D eigenvalue weighted by atomic mass is 35.5. The predicted octanol–water partition coefficient (Wildman–Crippen LogP) is 4.14. The molecule has 0 saturated carbocycles. The van der Waals surface area contributed by atoms with Crippen molar-refractivity contribution in [2.75, 3.05) is 6.26 Å². The van der Waals surface area contributed by atoms with Crippen LogP contribution in [0.25, 0.3) is 5.65 Å². The van der Waals surface area contributed by atoms with E-state index in [9.17, 15) is 21.6 Å². The lowest BCUT2D eigenvalue weighted by molar-refractivity contribution is -0.274. The highest BCUT2D eigenvalue weighted by Gasteiger charge is 2.32. The molecule has 0 amide bonds. The van der Waals surface area contributed by atoms with Crippen molar-refractivity contribution in [2.24, 2.45) is 0 Å². The van der Waals surface area contributed by atoms with Gasteiger partial charge in [-0.2, -0.15) is 5.10 Å². The third-order valence-electron chi connectivity index (χ3n) is 3.43. The molecule has 0 fully saturated rings. The summed E-state index contributed by atoms with van der Waals surface area (Å²) in [5.74, 6) is -0.525. The first-order valence-corrected chi connectivity index (χ1v) is 10.3. The van der Waals surface area contributed by atoms with Crippen molar-refractivity contribution in [3.63, 3.8) is 0 Å². The zero-order valence-corrected chi connectivity index (χ0v) is 16.2. The summed E-state index contributed by atoms with van der Waals surface area (Å²) in [4.78, 5) is 3.83. The molecule has 0 atom stereocenters. The second-order valence-electron chi connectivity index (χ2n) is 5.32. The van der Waals surface area contributed by atoms with Crippen molar-refractivity contribution in [3.8, 4) is 5.75 Å². The number of rotatable bonds is 4. The molecule has 0 spiro atoms. The molecule has 0 saturated heterocycles. The lowest BCUT2D eigenvalue weighted by atomic mass is 10.3. The molecule has 6 nitrogen and oxygen atoms in total. The fraction of sp³-hybridized carbons (Fsp3) is 0.200. The Balaban J connectivity index is 2.15. The van der Waals surface area contributed by atoms with E-state index in [0.29, 0.717) is 5.69 Å². The molecule has 0 aliphatic carbocycles. The molecule has 1 aromatic carbocycles. The van der Waals surface area contributed by atoms with Gasteiger partial charge in [-0.05, 0) is 43.5 Å². The predicted molar refractivity (Wildman–Crippen MR) is 93.1 cm³/mol. The Morgan fingerprint density at radius 1 is 1.22 bits per heavy atom. The fourth-order valence-corrected chi connectivity index (χ4v) is 5.03. The number of aryl methyl sites for hydroxylation is 1. The number of fused-ring (bicyclic) bond motifs is 1. The van der Waals surface area contributed by atoms with Crippen molar-refractivity contribution >= 4 is 38.8 Å². The maximum atomic E-state index is 13.1. The number of halogens is 4. The average Bonchev–Trinajstić information content (AvgIpc) is 2.93. The topological polar surface area (TPSA) is 73.6 Å². The molecule has 2 aromatic heterocycles. The second kappa shape index (κ2) is 6.88. The number of ether oxygens (including phenoxy) is 1. The Kier molecular flexibility index (Phi) is 5.04. The number of aromatic nitrogens is 3. The Bertz CT molecular complexity index is 1110. The van der Waals surface area contributed by atoms with E-state index in [0.717, 1.165) is 36.0 Å². The minimum absolute atomic E-state index is 0.0416. The molecule has 0 N–H and O–H groups in total. The zero-order valence-electron chi connectivity index (χ0n) is 13.8. The summed E-state index contributed by atoms with van der Waals surface area (Å²) >= 11 is 7.20. The minimum atomic E-state index is -4.87. The molecular formula is C15H11ClF3N3O3S2. The van der Waals surface area contributed by atoms with E-state index in [-0.39, 0.29) is 25.6 Å². The highest BCUT2D eigenvalue weighted by Crippen LogP contribution is 2.34. The maximum Gasteiger partial charge on any atom is 0.573 e. The van der Waals surface area contributed by atoms with Gasteiger partial charge >= 0.3 is 6.36 Å². The van der Waals surface area contributed by atoms with Crippen molar-refractivity contribution in [1.29, 1.82) is 0 Å². The first-order chi connectivity index (χ1) is 12.5. The van der Waals surface area contributed by atoms with Crippen LogP contribution in [0.1, 0.15) is 5.69 Å². The lowest BCUT2D eigenvalue weighted by Crippen LogP contribution is -2.17. The maximum absolute atomic E-state index is 13.1. The smallest absolute Gasteiger partial charge is 0.406 e. The Morgan fingerprint density at radius 2 is 1.85 bits per heavy atom. The molecule has 12 heteroatoms. The van der Waals surface area contributed by atoms with Gasteiger partial charge in [0.2, 0.25) is 9.84 Å². The quantitative estimate of drug-likeness (QED) is 0.451. The molecule has 0 radical (unpaired) electrons. The molecule has 2 heterocycles. The van der Waals surface area contributed by atoms with Crippen LogP contribution >= 0.6 is 23.4 Å². The van der Waals surface area contributed by atoms with E-state index >= 15 is 0 Å². The summed E-state index contributed by atoms with van der Waals surface area (Å²) in [5, 5.41) is 4.52. The van der Waals surface area contributed by atoms with Crippen molar-refractivity contribution in [1.82, 2.24) is 14.6 Å². The van der Waals surface area contributed by atoms with Gasteiger partial charge in [0.05, 0.1) is 4.90 Å². The van der Waals surface area contributed by atoms with Crippen LogP contribution in [-0.2, 0) is 9.84 Å². The minimum Gasteiger partial charge on any atom is -0.406 e. The van der Waals surface area contributed by atoms with Gasteiger partial charge in [-0.3, -0.25) is 0 Å². The lowest BCUT2D eigenvalue weighted by Gasteiger charge is -2.09. The van der Waals surface area contributed by atoms with Crippen LogP contribution < -0.4 is 4.74 Å². The van der Waals surface area contributed by atoms with E-state index in [2.05, 4.69) is 14.8 Å². The number of hydrogen-bond donors (Lipinski definition) is 0. The molecule has 0 aliphatic heterocycles. The summed E-state index contributed by atoms with van der Waals surface area (Å²) in [6.45, 7) is 1.65. The van der Waals surface area contributed by atoms with E-state index in [1.165, 1.54) is 10.6 Å². The van der Waals surface area contributed by atoms with Gasteiger partial charge in [-0.15, -0.1) is 24.9 Å². The van der Waals surface area contributed by atoms with Crippen LogP contribution in [0, 0.1) is 6.92 Å². The zero-order chi connectivity index (χ0) is 20.0. The summed E-state index contributed by atoms with van der Waals surface area (Å²) in [6.07, 6.45) is -3.23. The number of hydrogen-bond acceptors (Lipinski definition) is 6. The van der Waals surface area contributed by atoms with E-state index < -0.39 is 21.9 Å². The van der Waals surface area contributed by atoms with Crippen molar-refractivity contribution < 1.29 is 26.3 Å². The third kappa shape index (κ3) is 3.85. The van der Waals surface area contributed by atoms with Crippen LogP contribution in [0.4, 0.5) is 13.2 Å². The summed E-state index contributed by atoms with van der Waals surface area (Å²) in [7, 11) is -4.12. The van der Waals surface area contributed by atoms with Crippen LogP contribution in [0.15, 0.2) is 45.1 Å². The Morgan fingerprint density at radius 3 is 2.41 bits per heavy atom. The highest BCUT2D eigenvalue weighted by molar-refractivity contribution is 7.99. The molecular weight excluding hydrogens is 427 g/mol. The molecule has 0 bridgehead atoms. The largest absolute Gasteiger partial charge is 0.573 e. The van der Waals surface area contributed by atoms with Crippen LogP contribution in [-0.4, -0.2) is 35.6 Å². The average molecular weight is 438 g/mol. The number of benzene rings is 1. The Hall–Kier alpha value is -1.98. The van der Waals surface area contributed by atoms with E-state index in [4.69, 9.17) is 11.6 Å². The number of thioether (sulfide) groups is 1. The van der Waals surface area contributed by atoms with Crippen LogP contribution in [0.3, 0.4) is 0 Å². The van der Waals surface area contributed by atoms with Gasteiger partial charge in [-0.25, -0.2) is 17.9 Å². The Labute approximate surface area is 161 Å². The normalized spacial score (nSPS) is 12.5. The van der Waals surface area contributed by atoms with Gasteiger partial charge in [0, 0.05) is 5.69 Å². The number of sulfone groups is 1. The molecule has 0 unspecified atom stereocenters. The second-order valence-corrected chi connectivity index (χ2v) is 8.39. The molecule has 3 aromatic rings. The van der Waals surface area contributed by atoms with Gasteiger partial charge in [-0.1, -0.05) is 11.6 Å². The van der Waals surface area contributed by atoms with Gasteiger partial charge in [0.1, 0.15) is 15.9 Å². The van der Waals surface area contributed by atoms with Crippen LogP contribution in [0.2, 0.25) is 5.15 Å². The number of alkyl halides is 3. The monoisotopic (exact) mass is 437 g/mol. The molecule has 0 aliphatic rings. The summed E-state index contributed by atoms with van der Waals surface area (Å²) in [6, 6.07) is 5.45. The third-order valence-corrected chi connectivity index (χ3v) is 6.31. The summed E-state index contributed by atoms with van der Waals surface area (Å²) < 4.78 is 68.0. The van der Waals surface area contributed by atoms with E-state index in [1.54, 1.807) is 13.2 Å². The first-order valence-electron chi connectivity index (χ1n) is 7.23. The van der Waals surface area contributed by atoms with Crippen LogP contribution in [0.5, 0.6) is 5.75 Å². The van der Waals surface area contributed by atoms with Gasteiger partial charge in [0.15, 0.2) is 10.5 Å². The summed E-state index contributed by atoms with van der Waals surface area (Å²) in [5.41, 5.74) is 0.533. The standard InChI is InChI=1S/C15H11ClF3N3O3S2/c1-8-7-11(16)22-13(20-8)12(14(21-22)26-2)27(23,24)10-5-3-9(4-6-10)25-15(17,18)19/h3-7H,1-2H3. The molecule has 144 valence electrons. The van der Waals surface area contributed by atoms with Crippen molar-refractivity contribution in [2.45, 2.75) is 28.1 Å². The molecule has 3 rings (SSSR count). The fourth-order valence-electron chi connectivity index (χ4n) is 2.36. The van der Waals surface area contributed by atoms with Gasteiger partial charge in [0.25, 0.3) is 0 Å². The van der Waals surface area contributed by atoms with Crippen molar-refractivity contribution in [3.05, 3.63) is 41.2 Å². The number of nitrogens with zero attached hydrogens (tertiary/aromatic N) is 3. The molecule has 27 heavy (non-hydrogen) atoms. The SMILES string of the molecule is CSc1nn2c(Cl)cc(C)nc2c1S(=O)(=O)c1ccc(OC(F)(F)F)cc1. The first kappa shape index (κ1) is 19.8.